The van der Waals surface area contributed by atoms with E-state index in [1.54, 1.807) is 0 Å². The molecule has 1 N–H and O–H groups in total. The second-order valence-electron chi connectivity index (χ2n) is 7.30. The first-order valence-corrected chi connectivity index (χ1v) is 9.83. The lowest BCUT2D eigenvalue weighted by Gasteiger charge is -2.28. The van der Waals surface area contributed by atoms with Crippen molar-refractivity contribution in [3.63, 3.8) is 0 Å². The maximum Gasteiger partial charge on any atom is 0.416 e. The molecule has 2 aromatic carbocycles. The Morgan fingerprint density at radius 3 is 2.41 bits per heavy atom. The lowest BCUT2D eigenvalue weighted by molar-refractivity contribution is -0.137. The van der Waals surface area contributed by atoms with Crippen LogP contribution in [0.2, 0.25) is 0 Å². The molecule has 7 heteroatoms. The van der Waals surface area contributed by atoms with Crippen molar-refractivity contribution in [2.24, 2.45) is 0 Å². The van der Waals surface area contributed by atoms with Crippen LogP contribution in [0, 0.1) is 0 Å². The molecule has 0 saturated carbocycles. The van der Waals surface area contributed by atoms with Crippen molar-refractivity contribution < 1.29 is 18.0 Å². The van der Waals surface area contributed by atoms with Crippen LogP contribution < -0.4 is 5.32 Å². The Bertz CT molecular complexity index is 793. The van der Waals surface area contributed by atoms with E-state index < -0.39 is 11.7 Å². The van der Waals surface area contributed by atoms with E-state index in [4.69, 9.17) is 0 Å². The van der Waals surface area contributed by atoms with Crippen LogP contribution in [0.5, 0.6) is 0 Å². The lowest BCUT2D eigenvalue weighted by Crippen LogP contribution is -2.46. The minimum Gasteiger partial charge on any atom is -0.334 e. The van der Waals surface area contributed by atoms with Gasteiger partial charge in [0.1, 0.15) is 0 Å². The fourth-order valence-electron chi connectivity index (χ4n) is 3.71. The number of carbonyl (C=O) groups is 1. The van der Waals surface area contributed by atoms with E-state index in [1.165, 1.54) is 17.7 Å². The van der Waals surface area contributed by atoms with Gasteiger partial charge >= 0.3 is 12.2 Å². The van der Waals surface area contributed by atoms with Crippen LogP contribution in [0.15, 0.2) is 54.6 Å². The summed E-state index contributed by atoms with van der Waals surface area (Å²) in [7, 11) is 0. The van der Waals surface area contributed by atoms with Crippen molar-refractivity contribution in [1.82, 2.24) is 15.1 Å². The SMILES string of the molecule is CCN(C(=O)NCc1ccc(C(F)(F)F)cc1)C1CCN(Cc2ccccc2)C1. The molecule has 1 atom stereocenters. The van der Waals surface area contributed by atoms with E-state index in [1.807, 2.05) is 30.0 Å². The van der Waals surface area contributed by atoms with Crippen molar-refractivity contribution in [3.05, 3.63) is 71.3 Å². The first kappa shape index (κ1) is 21.2. The fourth-order valence-corrected chi connectivity index (χ4v) is 3.71. The summed E-state index contributed by atoms with van der Waals surface area (Å²) in [5, 5.41) is 2.84. The highest BCUT2D eigenvalue weighted by Gasteiger charge is 2.31. The highest BCUT2D eigenvalue weighted by molar-refractivity contribution is 5.74. The van der Waals surface area contributed by atoms with Gasteiger partial charge in [0.25, 0.3) is 0 Å². The predicted molar refractivity (Wildman–Crippen MR) is 106 cm³/mol. The van der Waals surface area contributed by atoms with Crippen molar-refractivity contribution in [2.45, 2.75) is 38.7 Å². The van der Waals surface area contributed by atoms with Gasteiger partial charge in [0.05, 0.1) is 5.56 Å². The molecule has 29 heavy (non-hydrogen) atoms. The molecule has 2 amide bonds. The minimum absolute atomic E-state index is 0.135. The highest BCUT2D eigenvalue weighted by Crippen LogP contribution is 2.29. The lowest BCUT2D eigenvalue weighted by atomic mass is 10.1. The number of halogens is 3. The number of carbonyl (C=O) groups excluding carboxylic acids is 1. The number of hydrogen-bond acceptors (Lipinski definition) is 2. The number of amides is 2. The molecule has 0 radical (unpaired) electrons. The van der Waals surface area contributed by atoms with Gasteiger partial charge in [-0.1, -0.05) is 42.5 Å². The molecule has 1 aliphatic rings. The Kier molecular flexibility index (Phi) is 6.79. The Balaban J connectivity index is 1.51. The first-order chi connectivity index (χ1) is 13.9. The van der Waals surface area contributed by atoms with Crippen LogP contribution in [0.3, 0.4) is 0 Å². The molecule has 1 aliphatic heterocycles. The number of likely N-dealkylation sites (N-methyl/N-ethyl adjacent to an activating group) is 1. The number of nitrogens with zero attached hydrogens (tertiary/aromatic N) is 2. The van der Waals surface area contributed by atoms with Gasteiger partial charge in [0.2, 0.25) is 0 Å². The third-order valence-corrected chi connectivity index (χ3v) is 5.26. The summed E-state index contributed by atoms with van der Waals surface area (Å²) in [5.74, 6) is 0. The Hall–Kier alpha value is -2.54. The summed E-state index contributed by atoms with van der Waals surface area (Å²) in [5.41, 5.74) is 1.20. The number of nitrogens with one attached hydrogen (secondary N) is 1. The van der Waals surface area contributed by atoms with Crippen molar-refractivity contribution >= 4 is 6.03 Å². The van der Waals surface area contributed by atoms with Crippen molar-refractivity contribution in [2.75, 3.05) is 19.6 Å². The fraction of sp³-hybridized carbons (Fsp3) is 0.409. The molecule has 0 bridgehead atoms. The maximum absolute atomic E-state index is 12.6. The van der Waals surface area contributed by atoms with Gasteiger partial charge in [-0.3, -0.25) is 4.90 Å². The molecule has 1 saturated heterocycles. The third-order valence-electron chi connectivity index (χ3n) is 5.26. The molecule has 2 aromatic rings. The van der Waals surface area contributed by atoms with Crippen molar-refractivity contribution in [3.8, 4) is 0 Å². The second kappa shape index (κ2) is 9.31. The number of benzene rings is 2. The third kappa shape index (κ3) is 5.73. The van der Waals surface area contributed by atoms with Gasteiger partial charge in [-0.15, -0.1) is 0 Å². The van der Waals surface area contributed by atoms with E-state index in [-0.39, 0.29) is 18.6 Å². The summed E-state index contributed by atoms with van der Waals surface area (Å²) in [6, 6.07) is 15.1. The normalized spacial score (nSPS) is 17.3. The van der Waals surface area contributed by atoms with Gasteiger partial charge in [-0.05, 0) is 36.6 Å². The van der Waals surface area contributed by atoms with Crippen LogP contribution >= 0.6 is 0 Å². The predicted octanol–water partition coefficient (Wildman–Crippen LogP) is 4.51. The summed E-state index contributed by atoms with van der Waals surface area (Å²) < 4.78 is 37.9. The quantitative estimate of drug-likeness (QED) is 0.768. The number of urea groups is 1. The monoisotopic (exact) mass is 405 g/mol. The van der Waals surface area contributed by atoms with Gasteiger partial charge in [-0.25, -0.2) is 4.79 Å². The van der Waals surface area contributed by atoms with Crippen molar-refractivity contribution in [1.29, 1.82) is 0 Å². The molecule has 3 rings (SSSR count). The number of rotatable bonds is 6. The maximum atomic E-state index is 12.6. The van der Waals surface area contributed by atoms with E-state index in [0.717, 1.165) is 38.2 Å². The molecule has 1 unspecified atom stereocenters. The van der Waals surface area contributed by atoms with E-state index >= 15 is 0 Å². The average Bonchev–Trinajstić information content (AvgIpc) is 3.15. The smallest absolute Gasteiger partial charge is 0.334 e. The van der Waals surface area contributed by atoms with Crippen LogP contribution in [0.1, 0.15) is 30.0 Å². The van der Waals surface area contributed by atoms with Gasteiger partial charge in [0.15, 0.2) is 0 Å². The average molecular weight is 405 g/mol. The Labute approximate surface area is 169 Å². The summed E-state index contributed by atoms with van der Waals surface area (Å²) in [4.78, 5) is 16.8. The first-order valence-electron chi connectivity index (χ1n) is 9.83. The molecule has 1 heterocycles. The zero-order chi connectivity index (χ0) is 20.9. The number of likely N-dealkylation sites (tertiary alicyclic amines) is 1. The highest BCUT2D eigenvalue weighted by atomic mass is 19.4. The molecule has 0 spiro atoms. The summed E-state index contributed by atoms with van der Waals surface area (Å²) >= 11 is 0. The zero-order valence-electron chi connectivity index (χ0n) is 16.5. The standard InChI is InChI=1S/C22H26F3N3O/c1-2-28(20-12-13-27(16-20)15-18-6-4-3-5-7-18)21(29)26-14-17-8-10-19(11-9-17)22(23,24)25/h3-11,20H,2,12-16H2,1H3,(H,26,29). The molecule has 156 valence electrons. The molecule has 0 aromatic heterocycles. The molecule has 1 fully saturated rings. The molecular weight excluding hydrogens is 379 g/mol. The Morgan fingerprint density at radius 2 is 1.79 bits per heavy atom. The van der Waals surface area contributed by atoms with Crippen LogP contribution in [-0.2, 0) is 19.3 Å². The van der Waals surface area contributed by atoms with Gasteiger partial charge < -0.3 is 10.2 Å². The van der Waals surface area contributed by atoms with E-state index in [9.17, 15) is 18.0 Å². The Morgan fingerprint density at radius 1 is 1.10 bits per heavy atom. The van der Waals surface area contributed by atoms with Gasteiger partial charge in [0, 0.05) is 38.8 Å². The molecule has 0 aliphatic carbocycles. The zero-order valence-corrected chi connectivity index (χ0v) is 16.5. The topological polar surface area (TPSA) is 35.6 Å². The van der Waals surface area contributed by atoms with Crippen LogP contribution in [0.4, 0.5) is 18.0 Å². The second-order valence-corrected chi connectivity index (χ2v) is 7.30. The number of alkyl halides is 3. The minimum atomic E-state index is -4.35. The summed E-state index contributed by atoms with van der Waals surface area (Å²) in [6.45, 7) is 5.34. The van der Waals surface area contributed by atoms with E-state index in [2.05, 4.69) is 22.3 Å². The van der Waals surface area contributed by atoms with Crippen LogP contribution in [-0.4, -0.2) is 41.5 Å². The largest absolute Gasteiger partial charge is 0.416 e. The summed E-state index contributed by atoms with van der Waals surface area (Å²) in [6.07, 6.45) is -3.44. The number of hydrogen-bond donors (Lipinski definition) is 1. The van der Waals surface area contributed by atoms with E-state index in [0.29, 0.717) is 12.1 Å². The molecule has 4 nitrogen and oxygen atoms in total. The van der Waals surface area contributed by atoms with Gasteiger partial charge in [-0.2, -0.15) is 13.2 Å². The molecular formula is C22H26F3N3O. The van der Waals surface area contributed by atoms with Crippen LogP contribution in [0.25, 0.3) is 0 Å².